The topological polar surface area (TPSA) is 252 Å². The Balaban J connectivity index is 1.49. The Morgan fingerprint density at radius 2 is 2.09 bits per heavy atom. The highest BCUT2D eigenvalue weighted by Gasteiger charge is 2.54. The second-order valence-corrected chi connectivity index (χ2v) is 11.6. The fraction of sp³-hybridized carbons (Fsp3) is 0.296. The molecule has 4 heterocycles. The number of carboxylic acid groups (broad SMARTS) is 2. The van der Waals surface area contributed by atoms with Crippen LogP contribution in [0.4, 0.5) is 5.13 Å². The first-order chi connectivity index (χ1) is 21.5. The van der Waals surface area contributed by atoms with Crippen LogP contribution >= 0.6 is 23.1 Å². The number of allylic oxidation sites excluding steroid dienone is 5. The molecule has 3 aliphatic rings. The lowest BCUT2D eigenvalue weighted by Gasteiger charge is -2.49. The molecular weight excluding hydrogens is 626 g/mol. The van der Waals surface area contributed by atoms with E-state index in [4.69, 9.17) is 27.1 Å². The number of nitrogens with one attached hydrogen (secondary N) is 2. The van der Waals surface area contributed by atoms with Gasteiger partial charge in [-0.2, -0.15) is 4.58 Å². The predicted molar refractivity (Wildman–Crippen MR) is 168 cm³/mol. The molecule has 1 fully saturated rings. The molecular formula is C27H32N9O7S2+. The Labute approximate surface area is 265 Å². The zero-order valence-electron chi connectivity index (χ0n) is 24.0. The molecule has 2 amide bonds. The standard InChI is InChI=1S/C27H31N9O7S2/c1-14(25(39)40)43-34-19(18-13-45-27(30)32-18)22(37)33-20-23(38)36-21(26(41)42)15(12-44-24(20)36)5-4-10-35-9-3-2-6-16(29)17(11-35)31-8-7-28/h2-6,9,11,13-14,20,24,29,31H,7-8,10,12,28H2,1H3,(H5,30,32,33,37,39,40,41,42)/p+1/b5-4+,6-2+,9-3+,17-11?,34-19-/t14-,20+,24?/m0/s1. The lowest BCUT2D eigenvalue weighted by atomic mass is 10.0. The number of carbonyl (C=O) groups is 4. The van der Waals surface area contributed by atoms with E-state index in [1.165, 1.54) is 24.1 Å². The Bertz CT molecular complexity index is 1590. The molecule has 0 radical (unpaired) electrons. The summed E-state index contributed by atoms with van der Waals surface area (Å²) in [5.41, 5.74) is 18.5. The van der Waals surface area contributed by atoms with Crippen molar-refractivity contribution in [3.8, 4) is 0 Å². The van der Waals surface area contributed by atoms with Crippen molar-refractivity contribution in [1.29, 1.82) is 0 Å². The number of β-lactam (4-membered cyclic amide) rings is 1. The van der Waals surface area contributed by atoms with Crippen LogP contribution in [0.5, 0.6) is 0 Å². The van der Waals surface area contributed by atoms with Gasteiger partial charge in [0, 0.05) is 30.3 Å². The van der Waals surface area contributed by atoms with E-state index in [0.717, 1.165) is 16.2 Å². The fourth-order valence-corrected chi connectivity index (χ4v) is 6.10. The van der Waals surface area contributed by atoms with E-state index >= 15 is 0 Å². The van der Waals surface area contributed by atoms with Crippen molar-refractivity contribution in [3.63, 3.8) is 0 Å². The van der Waals surface area contributed by atoms with E-state index in [1.54, 1.807) is 24.3 Å². The number of nitrogens with two attached hydrogens (primary N) is 3. The van der Waals surface area contributed by atoms with Crippen molar-refractivity contribution in [2.24, 2.45) is 16.6 Å². The van der Waals surface area contributed by atoms with E-state index < -0.39 is 41.3 Å². The van der Waals surface area contributed by atoms with Crippen molar-refractivity contribution in [3.05, 3.63) is 70.3 Å². The zero-order valence-corrected chi connectivity index (χ0v) is 25.6. The number of hydrogen-bond donors (Lipinski definition) is 7. The first kappa shape index (κ1) is 33.0. The van der Waals surface area contributed by atoms with Crippen molar-refractivity contribution in [2.45, 2.75) is 24.4 Å². The maximum absolute atomic E-state index is 13.2. The quantitative estimate of drug-likeness (QED) is 0.0588. The van der Waals surface area contributed by atoms with Crippen LogP contribution in [0, 0.1) is 0 Å². The number of amides is 2. The van der Waals surface area contributed by atoms with Crippen molar-refractivity contribution in [2.75, 3.05) is 31.1 Å². The normalized spacial score (nSPS) is 24.8. The third kappa shape index (κ3) is 7.78. The number of aliphatic carboxylic acids is 2. The summed E-state index contributed by atoms with van der Waals surface area (Å²) in [6.45, 7) is 2.54. The van der Waals surface area contributed by atoms with Gasteiger partial charge in [0.15, 0.2) is 29.8 Å². The van der Waals surface area contributed by atoms with Crippen molar-refractivity contribution < 1.29 is 38.8 Å². The number of hydrogen-bond acceptors (Lipinski definition) is 13. The third-order valence-corrected chi connectivity index (χ3v) is 8.46. The summed E-state index contributed by atoms with van der Waals surface area (Å²) in [5.74, 6) is -3.85. The van der Waals surface area contributed by atoms with Gasteiger partial charge in [-0.1, -0.05) is 17.3 Å². The molecule has 0 bridgehead atoms. The van der Waals surface area contributed by atoms with Gasteiger partial charge in [-0.3, -0.25) is 14.5 Å². The number of carboxylic acids is 2. The maximum atomic E-state index is 13.2. The highest BCUT2D eigenvalue weighted by molar-refractivity contribution is 8.00. The molecule has 238 valence electrons. The number of carbonyl (C=O) groups excluding carboxylic acids is 2. The van der Waals surface area contributed by atoms with Crippen LogP contribution in [0.3, 0.4) is 0 Å². The molecule has 18 heteroatoms. The molecule has 1 saturated heterocycles. The van der Waals surface area contributed by atoms with Gasteiger partial charge in [0.05, 0.1) is 5.70 Å². The van der Waals surface area contributed by atoms with Crippen LogP contribution in [-0.4, -0.2) is 103 Å². The van der Waals surface area contributed by atoms with Crippen LogP contribution in [0.15, 0.2) is 69.8 Å². The fourth-order valence-electron chi connectivity index (χ4n) is 4.24. The maximum Gasteiger partial charge on any atom is 0.352 e. The third-order valence-electron chi connectivity index (χ3n) is 6.48. The molecule has 3 atom stereocenters. The summed E-state index contributed by atoms with van der Waals surface area (Å²) >= 11 is 2.30. The average Bonchev–Trinajstić information content (AvgIpc) is 3.43. The van der Waals surface area contributed by atoms with E-state index in [9.17, 15) is 24.3 Å². The number of nitrogen functional groups attached to an aromatic ring is 1. The summed E-state index contributed by atoms with van der Waals surface area (Å²) in [4.78, 5) is 59.9. The van der Waals surface area contributed by atoms with E-state index in [0.29, 0.717) is 36.6 Å². The van der Waals surface area contributed by atoms with Gasteiger partial charge in [-0.25, -0.2) is 14.6 Å². The number of aromatic nitrogens is 1. The van der Waals surface area contributed by atoms with Crippen LogP contribution in [0.25, 0.3) is 0 Å². The molecule has 1 aromatic heterocycles. The molecule has 1 aromatic rings. The predicted octanol–water partition coefficient (Wildman–Crippen LogP) is -0.901. The molecule has 4 rings (SSSR count). The number of anilines is 1. The highest BCUT2D eigenvalue weighted by Crippen LogP contribution is 2.40. The molecule has 45 heavy (non-hydrogen) atoms. The lowest BCUT2D eigenvalue weighted by molar-refractivity contribution is -0.439. The first-order valence-electron chi connectivity index (χ1n) is 13.5. The van der Waals surface area contributed by atoms with Gasteiger partial charge in [-0.15, -0.1) is 23.1 Å². The second kappa shape index (κ2) is 14.7. The Morgan fingerprint density at radius 1 is 1.31 bits per heavy atom. The number of fused-ring (bicyclic) bond motifs is 1. The van der Waals surface area contributed by atoms with Gasteiger partial charge < -0.3 is 42.9 Å². The van der Waals surface area contributed by atoms with Gasteiger partial charge >= 0.3 is 11.9 Å². The Kier molecular flexibility index (Phi) is 10.8. The number of oxime groups is 1. The number of thiazole rings is 1. The molecule has 3 aliphatic heterocycles. The molecule has 0 aliphatic carbocycles. The van der Waals surface area contributed by atoms with Crippen molar-refractivity contribution in [1.82, 2.24) is 20.5 Å². The average molecular weight is 659 g/mol. The number of thioether (sulfide) groups is 1. The van der Waals surface area contributed by atoms with Gasteiger partial charge in [0.25, 0.3) is 11.8 Å². The Hall–Kier alpha value is -4.94. The molecule has 16 nitrogen and oxygen atoms in total. The van der Waals surface area contributed by atoms with E-state index in [2.05, 4.69) is 20.8 Å². The van der Waals surface area contributed by atoms with Gasteiger partial charge in [-0.05, 0) is 24.6 Å². The van der Waals surface area contributed by atoms with Gasteiger partial charge in [0.1, 0.15) is 28.5 Å². The van der Waals surface area contributed by atoms with E-state index in [-0.39, 0.29) is 28.0 Å². The molecule has 0 saturated carbocycles. The largest absolute Gasteiger partial charge is 0.478 e. The van der Waals surface area contributed by atoms with Crippen molar-refractivity contribution >= 4 is 63.9 Å². The van der Waals surface area contributed by atoms with Crippen LogP contribution in [0.1, 0.15) is 12.6 Å². The van der Waals surface area contributed by atoms with Crippen LogP contribution in [-0.2, 0) is 24.0 Å². The smallest absolute Gasteiger partial charge is 0.352 e. The summed E-state index contributed by atoms with van der Waals surface area (Å²) in [6, 6.07) is -1.08. The SMILES string of the molecule is C[C@H](O/N=C(\C(=O)N[C@@H]1C(=O)N2C(C(=O)O)=C(/C=C/C[N+]3=C/C(NCCN)=C(N)\C=C\C=C\3)CSC12)c1csc(N)n1)C(=O)O. The first-order valence-corrected chi connectivity index (χ1v) is 15.4. The lowest BCUT2D eigenvalue weighted by Crippen LogP contribution is -2.71. The Morgan fingerprint density at radius 3 is 2.76 bits per heavy atom. The zero-order chi connectivity index (χ0) is 32.7. The monoisotopic (exact) mass is 658 g/mol. The minimum Gasteiger partial charge on any atom is -0.478 e. The summed E-state index contributed by atoms with van der Waals surface area (Å²) in [5, 5.41) is 29.3. The molecule has 1 unspecified atom stereocenters. The summed E-state index contributed by atoms with van der Waals surface area (Å²) < 4.78 is 1.85. The number of rotatable bonds is 13. The molecule has 0 spiro atoms. The van der Waals surface area contributed by atoms with Crippen LogP contribution in [0.2, 0.25) is 0 Å². The number of nitrogens with zero attached hydrogens (tertiary/aromatic N) is 4. The molecule has 10 N–H and O–H groups in total. The minimum absolute atomic E-state index is 0.0228. The van der Waals surface area contributed by atoms with Gasteiger partial charge in [0.2, 0.25) is 6.10 Å². The minimum atomic E-state index is -1.37. The summed E-state index contributed by atoms with van der Waals surface area (Å²) in [6.07, 6.45) is 11.1. The second-order valence-electron chi connectivity index (χ2n) is 9.65. The van der Waals surface area contributed by atoms with E-state index in [1.807, 2.05) is 23.1 Å². The highest BCUT2D eigenvalue weighted by atomic mass is 32.2. The van der Waals surface area contributed by atoms with Crippen LogP contribution < -0.4 is 27.8 Å². The summed E-state index contributed by atoms with van der Waals surface area (Å²) in [7, 11) is 0. The molecule has 0 aromatic carbocycles.